The lowest BCUT2D eigenvalue weighted by Gasteiger charge is -2.06. The minimum Gasteiger partial charge on any atom is -0.493 e. The van der Waals surface area contributed by atoms with E-state index >= 15 is 0 Å². The predicted octanol–water partition coefficient (Wildman–Crippen LogP) is 3.79. The quantitative estimate of drug-likeness (QED) is 0.451. The zero-order chi connectivity index (χ0) is 9.68. The van der Waals surface area contributed by atoms with E-state index in [4.69, 9.17) is 10.3 Å². The molecule has 68 valence electrons. The highest BCUT2D eigenvalue weighted by molar-refractivity contribution is 9.10. The van der Waals surface area contributed by atoms with Gasteiger partial charge < -0.3 is 4.74 Å². The van der Waals surface area contributed by atoms with Gasteiger partial charge in [-0.1, -0.05) is 27.1 Å². The van der Waals surface area contributed by atoms with Crippen LogP contribution in [0.1, 0.15) is 6.92 Å². The molecule has 0 radical (unpaired) electrons. The van der Waals surface area contributed by atoms with Crippen LogP contribution in [0.3, 0.4) is 0 Å². The van der Waals surface area contributed by atoms with Crippen LogP contribution in [0.25, 0.3) is 10.4 Å². The molecule has 1 aromatic carbocycles. The van der Waals surface area contributed by atoms with Gasteiger partial charge in [-0.25, -0.2) is 0 Å². The van der Waals surface area contributed by atoms with Crippen LogP contribution in [0.4, 0.5) is 5.69 Å². The molecule has 0 spiro atoms. The molecule has 0 N–H and O–H groups in total. The summed E-state index contributed by atoms with van der Waals surface area (Å²) in [6, 6.07) is 5.39. The van der Waals surface area contributed by atoms with Gasteiger partial charge in [-0.15, -0.1) is 0 Å². The SMILES string of the molecule is CCOc1cccc(Br)c1N=[N+]=[N-]. The summed E-state index contributed by atoms with van der Waals surface area (Å²) in [5.74, 6) is 0.592. The van der Waals surface area contributed by atoms with Gasteiger partial charge in [0, 0.05) is 9.38 Å². The first kappa shape index (κ1) is 9.89. The van der Waals surface area contributed by atoms with Gasteiger partial charge in [0.25, 0.3) is 0 Å². The van der Waals surface area contributed by atoms with Crippen LogP contribution in [-0.4, -0.2) is 6.61 Å². The normalized spacial score (nSPS) is 9.08. The molecule has 0 heterocycles. The van der Waals surface area contributed by atoms with Gasteiger partial charge in [0.05, 0.1) is 12.3 Å². The standard InChI is InChI=1S/C8H8BrN3O/c1-2-13-7-5-3-4-6(9)8(7)11-12-10/h3-5H,2H2,1H3. The second-order valence-corrected chi connectivity index (χ2v) is 3.06. The number of nitrogens with zero attached hydrogens (tertiary/aromatic N) is 3. The predicted molar refractivity (Wildman–Crippen MR) is 54.1 cm³/mol. The number of hydrogen-bond donors (Lipinski definition) is 0. The first-order valence-corrected chi connectivity index (χ1v) is 4.55. The van der Waals surface area contributed by atoms with E-state index < -0.39 is 0 Å². The van der Waals surface area contributed by atoms with Crippen molar-refractivity contribution in [2.24, 2.45) is 5.11 Å². The van der Waals surface area contributed by atoms with E-state index in [0.717, 1.165) is 4.47 Å². The molecule has 13 heavy (non-hydrogen) atoms. The second kappa shape index (κ2) is 4.74. The third kappa shape index (κ3) is 2.37. The van der Waals surface area contributed by atoms with Crippen molar-refractivity contribution in [3.05, 3.63) is 33.1 Å². The number of hydrogen-bond acceptors (Lipinski definition) is 2. The number of azide groups is 1. The van der Waals surface area contributed by atoms with Crippen molar-refractivity contribution in [3.63, 3.8) is 0 Å². The van der Waals surface area contributed by atoms with Crippen molar-refractivity contribution in [3.8, 4) is 5.75 Å². The molecule has 0 unspecified atom stereocenters. The van der Waals surface area contributed by atoms with E-state index in [2.05, 4.69) is 26.0 Å². The molecule has 0 bridgehead atoms. The fourth-order valence-electron chi connectivity index (χ4n) is 0.909. The molecule has 0 aliphatic rings. The van der Waals surface area contributed by atoms with Gasteiger partial charge in [-0.05, 0) is 24.6 Å². The first-order chi connectivity index (χ1) is 6.29. The van der Waals surface area contributed by atoms with Crippen molar-refractivity contribution in [2.75, 3.05) is 6.61 Å². The van der Waals surface area contributed by atoms with E-state index in [1.54, 1.807) is 12.1 Å². The van der Waals surface area contributed by atoms with Crippen molar-refractivity contribution in [1.29, 1.82) is 0 Å². The number of halogens is 1. The monoisotopic (exact) mass is 241 g/mol. The lowest BCUT2D eigenvalue weighted by molar-refractivity contribution is 0.341. The molecule has 0 fully saturated rings. The molecule has 5 heteroatoms. The summed E-state index contributed by atoms with van der Waals surface area (Å²) in [7, 11) is 0. The Hall–Kier alpha value is -1.19. The van der Waals surface area contributed by atoms with Crippen LogP contribution in [0.2, 0.25) is 0 Å². The Morgan fingerprint density at radius 2 is 2.38 bits per heavy atom. The summed E-state index contributed by atoms with van der Waals surface area (Å²) in [5, 5.41) is 3.53. The molecule has 0 aliphatic carbocycles. The Balaban J connectivity index is 3.16. The minimum absolute atomic E-state index is 0.492. The Labute approximate surface area is 84.3 Å². The number of benzene rings is 1. The Bertz CT molecular complexity index is 347. The van der Waals surface area contributed by atoms with E-state index in [1.807, 2.05) is 13.0 Å². The molecule has 0 atom stereocenters. The van der Waals surface area contributed by atoms with Crippen LogP contribution in [0.5, 0.6) is 5.75 Å². The highest BCUT2D eigenvalue weighted by atomic mass is 79.9. The summed E-state index contributed by atoms with van der Waals surface area (Å²) in [4.78, 5) is 2.72. The molecular weight excluding hydrogens is 234 g/mol. The van der Waals surface area contributed by atoms with Crippen LogP contribution >= 0.6 is 15.9 Å². The molecule has 0 aromatic heterocycles. The van der Waals surface area contributed by atoms with E-state index in [-0.39, 0.29) is 0 Å². The topological polar surface area (TPSA) is 58.0 Å². The summed E-state index contributed by atoms with van der Waals surface area (Å²) < 4.78 is 6.01. The average molecular weight is 242 g/mol. The van der Waals surface area contributed by atoms with Crippen LogP contribution < -0.4 is 4.74 Å². The van der Waals surface area contributed by atoms with Gasteiger partial charge in [0.1, 0.15) is 5.75 Å². The first-order valence-electron chi connectivity index (χ1n) is 3.76. The van der Waals surface area contributed by atoms with Gasteiger partial charge >= 0.3 is 0 Å². The maximum absolute atomic E-state index is 8.32. The van der Waals surface area contributed by atoms with Crippen LogP contribution in [0.15, 0.2) is 27.8 Å². The molecule has 4 nitrogen and oxygen atoms in total. The summed E-state index contributed by atoms with van der Waals surface area (Å²) in [5.41, 5.74) is 8.81. The van der Waals surface area contributed by atoms with Gasteiger partial charge in [-0.3, -0.25) is 0 Å². The zero-order valence-electron chi connectivity index (χ0n) is 7.07. The number of ether oxygens (including phenoxy) is 1. The second-order valence-electron chi connectivity index (χ2n) is 2.21. The van der Waals surface area contributed by atoms with E-state index in [1.165, 1.54) is 0 Å². The number of rotatable bonds is 3. The highest BCUT2D eigenvalue weighted by Crippen LogP contribution is 2.35. The Morgan fingerprint density at radius 1 is 1.62 bits per heavy atom. The lowest BCUT2D eigenvalue weighted by Crippen LogP contribution is -1.91. The van der Waals surface area contributed by atoms with Crippen molar-refractivity contribution < 1.29 is 4.74 Å². The smallest absolute Gasteiger partial charge is 0.129 e. The fraction of sp³-hybridized carbons (Fsp3) is 0.250. The maximum atomic E-state index is 8.32. The third-order valence-corrected chi connectivity index (χ3v) is 2.03. The zero-order valence-corrected chi connectivity index (χ0v) is 8.65. The molecule has 1 aromatic rings. The molecule has 0 saturated carbocycles. The molecule has 0 aliphatic heterocycles. The van der Waals surface area contributed by atoms with Crippen molar-refractivity contribution >= 4 is 21.6 Å². The summed E-state index contributed by atoms with van der Waals surface area (Å²) in [6.45, 7) is 2.42. The van der Waals surface area contributed by atoms with Gasteiger partial charge in [0.2, 0.25) is 0 Å². The van der Waals surface area contributed by atoms with Crippen LogP contribution in [0, 0.1) is 0 Å². The minimum atomic E-state index is 0.492. The van der Waals surface area contributed by atoms with E-state index in [9.17, 15) is 0 Å². The van der Waals surface area contributed by atoms with Crippen molar-refractivity contribution in [1.82, 2.24) is 0 Å². The molecule has 0 saturated heterocycles. The molecule has 1 rings (SSSR count). The highest BCUT2D eigenvalue weighted by Gasteiger charge is 2.04. The van der Waals surface area contributed by atoms with Crippen molar-refractivity contribution in [2.45, 2.75) is 6.92 Å². The Morgan fingerprint density at radius 3 is 3.00 bits per heavy atom. The largest absolute Gasteiger partial charge is 0.493 e. The fourth-order valence-corrected chi connectivity index (χ4v) is 1.34. The third-order valence-electron chi connectivity index (χ3n) is 1.39. The van der Waals surface area contributed by atoms with Gasteiger partial charge in [0.15, 0.2) is 0 Å². The molecule has 0 amide bonds. The molecular formula is C8H8BrN3O. The summed E-state index contributed by atoms with van der Waals surface area (Å²) in [6.07, 6.45) is 0. The summed E-state index contributed by atoms with van der Waals surface area (Å²) >= 11 is 3.27. The van der Waals surface area contributed by atoms with E-state index in [0.29, 0.717) is 18.0 Å². The van der Waals surface area contributed by atoms with Crippen LogP contribution in [-0.2, 0) is 0 Å². The Kier molecular flexibility index (Phi) is 3.61. The maximum Gasteiger partial charge on any atom is 0.129 e. The van der Waals surface area contributed by atoms with Gasteiger partial charge in [-0.2, -0.15) is 0 Å². The average Bonchev–Trinajstić information content (AvgIpc) is 2.11. The lowest BCUT2D eigenvalue weighted by atomic mass is 10.3.